The highest BCUT2D eigenvalue weighted by Crippen LogP contribution is 2.18. The van der Waals surface area contributed by atoms with E-state index >= 15 is 0 Å². The van der Waals surface area contributed by atoms with Crippen LogP contribution in [0.25, 0.3) is 0 Å². The summed E-state index contributed by atoms with van der Waals surface area (Å²) in [6, 6.07) is 9.13. The van der Waals surface area contributed by atoms with Crippen LogP contribution in [-0.4, -0.2) is 74.1 Å². The Bertz CT molecular complexity index is 564. The number of benzene rings is 1. The van der Waals surface area contributed by atoms with Gasteiger partial charge in [-0.15, -0.1) is 24.8 Å². The molecule has 2 fully saturated rings. The Morgan fingerprint density at radius 3 is 2.54 bits per heavy atom. The maximum atomic E-state index is 12.4. The first-order valence-electron chi connectivity index (χ1n) is 9.17. The number of halogens is 2. The van der Waals surface area contributed by atoms with E-state index in [1.54, 1.807) is 0 Å². The van der Waals surface area contributed by atoms with E-state index in [2.05, 4.69) is 53.2 Å². The first kappa shape index (κ1) is 23.0. The monoisotopic (exact) mass is 402 g/mol. The molecule has 2 aliphatic rings. The molecule has 0 aromatic heterocycles. The average Bonchev–Trinajstić information content (AvgIpc) is 2.60. The molecule has 1 unspecified atom stereocenters. The normalized spacial score (nSPS) is 20.9. The Balaban J connectivity index is 0.00000169. The van der Waals surface area contributed by atoms with E-state index in [4.69, 9.17) is 0 Å². The van der Waals surface area contributed by atoms with E-state index < -0.39 is 0 Å². The van der Waals surface area contributed by atoms with Crippen molar-refractivity contribution in [3.8, 4) is 0 Å². The second-order valence-corrected chi connectivity index (χ2v) is 7.11. The summed E-state index contributed by atoms with van der Waals surface area (Å²) in [6.07, 6.45) is 0.650. The predicted molar refractivity (Wildman–Crippen MR) is 113 cm³/mol. The van der Waals surface area contributed by atoms with Crippen LogP contribution in [0.3, 0.4) is 0 Å². The van der Waals surface area contributed by atoms with Crippen molar-refractivity contribution in [3.05, 3.63) is 29.8 Å². The summed E-state index contributed by atoms with van der Waals surface area (Å²) >= 11 is 0. The number of carbonyl (C=O) groups excluding carboxylic acids is 1. The quantitative estimate of drug-likeness (QED) is 0.837. The molecule has 0 bridgehead atoms. The van der Waals surface area contributed by atoms with Crippen LogP contribution < -0.4 is 10.2 Å². The molecule has 1 aromatic rings. The fraction of sp³-hybridized carbons (Fsp3) is 0.632. The summed E-state index contributed by atoms with van der Waals surface area (Å²) < 4.78 is 0. The van der Waals surface area contributed by atoms with Gasteiger partial charge in [0.25, 0.3) is 0 Å². The number of amides is 1. The lowest BCUT2D eigenvalue weighted by atomic mass is 10.2. The van der Waals surface area contributed by atoms with E-state index in [1.807, 2.05) is 4.90 Å². The minimum Gasteiger partial charge on any atom is -0.369 e. The zero-order valence-corrected chi connectivity index (χ0v) is 17.5. The van der Waals surface area contributed by atoms with Gasteiger partial charge >= 0.3 is 0 Å². The molecule has 0 spiro atoms. The van der Waals surface area contributed by atoms with E-state index in [1.165, 1.54) is 11.3 Å². The van der Waals surface area contributed by atoms with Crippen molar-refractivity contribution in [2.45, 2.75) is 26.3 Å². The predicted octanol–water partition coefficient (Wildman–Crippen LogP) is 2.17. The molecule has 1 amide bonds. The molecule has 1 N–H and O–H groups in total. The van der Waals surface area contributed by atoms with E-state index in [9.17, 15) is 4.79 Å². The van der Waals surface area contributed by atoms with Gasteiger partial charge in [-0.25, -0.2) is 0 Å². The van der Waals surface area contributed by atoms with E-state index in [0.717, 1.165) is 52.4 Å². The number of hydrogen-bond donors (Lipinski definition) is 1. The van der Waals surface area contributed by atoms with Crippen LogP contribution in [-0.2, 0) is 4.79 Å². The summed E-state index contributed by atoms with van der Waals surface area (Å²) in [6.45, 7) is 12.0. The van der Waals surface area contributed by atoms with Crippen molar-refractivity contribution in [2.75, 3.05) is 57.3 Å². The maximum absolute atomic E-state index is 12.4. The SMILES string of the molecule is Cc1cccc(N2CCN(CCC(=O)N3CCNC(C)C3)CC2)c1.Cl.Cl. The number of nitrogens with one attached hydrogen (secondary N) is 1. The molecule has 7 heteroatoms. The molecule has 3 rings (SSSR count). The molecule has 148 valence electrons. The van der Waals surface area contributed by atoms with Gasteiger partial charge in [-0.1, -0.05) is 12.1 Å². The Kier molecular flexibility index (Phi) is 9.72. The summed E-state index contributed by atoms with van der Waals surface area (Å²) in [5, 5.41) is 3.39. The zero-order valence-electron chi connectivity index (χ0n) is 15.8. The molecule has 5 nitrogen and oxygen atoms in total. The average molecular weight is 403 g/mol. The van der Waals surface area contributed by atoms with Crippen LogP contribution in [0.15, 0.2) is 24.3 Å². The molecule has 2 aliphatic heterocycles. The molecule has 1 atom stereocenters. The van der Waals surface area contributed by atoms with Crippen LogP contribution >= 0.6 is 24.8 Å². The molecular weight excluding hydrogens is 371 g/mol. The number of rotatable bonds is 4. The van der Waals surface area contributed by atoms with Gasteiger partial charge in [-0.05, 0) is 31.5 Å². The van der Waals surface area contributed by atoms with Crippen molar-refractivity contribution in [1.29, 1.82) is 0 Å². The van der Waals surface area contributed by atoms with Crippen molar-refractivity contribution in [1.82, 2.24) is 15.1 Å². The van der Waals surface area contributed by atoms with Crippen molar-refractivity contribution < 1.29 is 4.79 Å². The summed E-state index contributed by atoms with van der Waals surface area (Å²) in [5.74, 6) is 0.310. The first-order valence-corrected chi connectivity index (χ1v) is 9.17. The fourth-order valence-corrected chi connectivity index (χ4v) is 3.63. The number of piperazine rings is 2. The molecule has 1 aromatic carbocycles. The van der Waals surface area contributed by atoms with Gasteiger partial charge < -0.3 is 15.1 Å². The van der Waals surface area contributed by atoms with Crippen molar-refractivity contribution in [2.24, 2.45) is 0 Å². The van der Waals surface area contributed by atoms with Gasteiger partial charge in [-0.2, -0.15) is 0 Å². The van der Waals surface area contributed by atoms with Crippen LogP contribution in [0.4, 0.5) is 5.69 Å². The standard InChI is InChI=1S/C19H30N4O.2ClH/c1-16-4-3-5-18(14-16)22-12-10-21(11-13-22)8-6-19(24)23-9-7-20-17(2)15-23;;/h3-5,14,17,20H,6-13,15H2,1-2H3;2*1H. The third-order valence-electron chi connectivity index (χ3n) is 5.10. The van der Waals surface area contributed by atoms with Crippen LogP contribution in [0.2, 0.25) is 0 Å². The zero-order chi connectivity index (χ0) is 16.9. The first-order chi connectivity index (χ1) is 11.6. The number of anilines is 1. The lowest BCUT2D eigenvalue weighted by molar-refractivity contribution is -0.132. The minimum atomic E-state index is 0. The van der Waals surface area contributed by atoms with Gasteiger partial charge in [0, 0.05) is 70.5 Å². The number of aryl methyl sites for hydroxylation is 1. The van der Waals surface area contributed by atoms with Gasteiger partial charge in [0.2, 0.25) is 5.91 Å². The maximum Gasteiger partial charge on any atom is 0.223 e. The highest BCUT2D eigenvalue weighted by atomic mass is 35.5. The Morgan fingerprint density at radius 2 is 1.88 bits per heavy atom. The summed E-state index contributed by atoms with van der Waals surface area (Å²) in [4.78, 5) is 19.3. The third kappa shape index (κ3) is 6.31. The second kappa shape index (κ2) is 11.0. The molecule has 0 aliphatic carbocycles. The van der Waals surface area contributed by atoms with E-state index in [0.29, 0.717) is 18.4 Å². The fourth-order valence-electron chi connectivity index (χ4n) is 3.63. The summed E-state index contributed by atoms with van der Waals surface area (Å²) in [5.41, 5.74) is 2.63. The number of hydrogen-bond acceptors (Lipinski definition) is 4. The van der Waals surface area contributed by atoms with Crippen molar-refractivity contribution in [3.63, 3.8) is 0 Å². The smallest absolute Gasteiger partial charge is 0.223 e. The molecule has 0 saturated carbocycles. The largest absolute Gasteiger partial charge is 0.369 e. The topological polar surface area (TPSA) is 38.8 Å². The molecule has 0 radical (unpaired) electrons. The molecule has 26 heavy (non-hydrogen) atoms. The van der Waals surface area contributed by atoms with E-state index in [-0.39, 0.29) is 24.8 Å². The van der Waals surface area contributed by atoms with Gasteiger partial charge in [0.15, 0.2) is 0 Å². The highest BCUT2D eigenvalue weighted by molar-refractivity contribution is 5.85. The minimum absolute atomic E-state index is 0. The lowest BCUT2D eigenvalue weighted by Crippen LogP contribution is -2.52. The summed E-state index contributed by atoms with van der Waals surface area (Å²) in [7, 11) is 0. The van der Waals surface area contributed by atoms with Crippen LogP contribution in [0.5, 0.6) is 0 Å². The third-order valence-corrected chi connectivity index (χ3v) is 5.10. The van der Waals surface area contributed by atoms with Crippen molar-refractivity contribution >= 4 is 36.4 Å². The molecule has 2 saturated heterocycles. The second-order valence-electron chi connectivity index (χ2n) is 7.11. The van der Waals surface area contributed by atoms with Gasteiger partial charge in [0.1, 0.15) is 0 Å². The van der Waals surface area contributed by atoms with Gasteiger partial charge in [0.05, 0.1) is 0 Å². The Hall–Kier alpha value is -1.01. The van der Waals surface area contributed by atoms with Crippen LogP contribution in [0.1, 0.15) is 18.9 Å². The highest BCUT2D eigenvalue weighted by Gasteiger charge is 2.22. The molecule has 2 heterocycles. The Morgan fingerprint density at radius 1 is 1.15 bits per heavy atom. The number of nitrogens with zero attached hydrogens (tertiary/aromatic N) is 3. The molecular formula is C19H32Cl2N4O. The Labute approximate surface area is 169 Å². The number of carbonyl (C=O) groups is 1. The van der Waals surface area contributed by atoms with Crippen LogP contribution in [0, 0.1) is 6.92 Å². The van der Waals surface area contributed by atoms with Gasteiger partial charge in [-0.3, -0.25) is 9.69 Å². The lowest BCUT2D eigenvalue weighted by Gasteiger charge is -2.37.